The molecule has 294 valence electrons. The highest BCUT2D eigenvalue weighted by Crippen LogP contribution is 2.59. The number of hydrogen-bond acceptors (Lipinski definition) is 19. The first-order valence-electron chi connectivity index (χ1n) is 15.7. The van der Waals surface area contributed by atoms with E-state index in [1.165, 1.54) is 34.4 Å². The molecule has 3 unspecified atom stereocenters. The number of alkyl halides is 1. The summed E-state index contributed by atoms with van der Waals surface area (Å²) in [4.78, 5) is 36.3. The van der Waals surface area contributed by atoms with E-state index in [-0.39, 0.29) is 40.1 Å². The predicted molar refractivity (Wildman–Crippen MR) is 199 cm³/mol. The summed E-state index contributed by atoms with van der Waals surface area (Å²) < 4.78 is 76.2. The van der Waals surface area contributed by atoms with Crippen molar-refractivity contribution < 1.29 is 45.8 Å². The summed E-state index contributed by atoms with van der Waals surface area (Å²) in [6.45, 7) is 0.591. The van der Waals surface area contributed by atoms with Crippen molar-refractivity contribution in [3.63, 3.8) is 0 Å². The van der Waals surface area contributed by atoms with Crippen molar-refractivity contribution in [3.05, 3.63) is 25.3 Å². The van der Waals surface area contributed by atoms with Crippen molar-refractivity contribution in [2.75, 3.05) is 24.7 Å². The van der Waals surface area contributed by atoms with E-state index >= 15 is 4.39 Å². The van der Waals surface area contributed by atoms with Crippen LogP contribution in [0.15, 0.2) is 25.3 Å². The van der Waals surface area contributed by atoms with Crippen molar-refractivity contribution in [2.45, 2.75) is 88.1 Å². The third-order valence-corrected chi connectivity index (χ3v) is 17.1. The monoisotopic (exact) mass is 840 g/mol. The fourth-order valence-corrected chi connectivity index (χ4v) is 10.0. The van der Waals surface area contributed by atoms with Gasteiger partial charge in [-0.15, -0.1) is 0 Å². The first kappa shape index (κ1) is 41.8. The topological polar surface area (TPSA) is 311 Å². The Balaban J connectivity index is 0.00000271. The number of ether oxygens (including phenoxy) is 2. The van der Waals surface area contributed by atoms with E-state index in [1.807, 2.05) is 33.9 Å². The molecule has 21 nitrogen and oxygen atoms in total. The molecule has 0 radical (unpaired) electrons. The van der Waals surface area contributed by atoms with E-state index in [0.29, 0.717) is 11.2 Å². The molecule has 3 fully saturated rings. The van der Waals surface area contributed by atoms with Crippen molar-refractivity contribution in [3.8, 4) is 0 Å². The van der Waals surface area contributed by atoms with E-state index in [1.54, 1.807) is 0 Å². The van der Waals surface area contributed by atoms with Gasteiger partial charge in [0, 0.05) is 0 Å². The zero-order valence-electron chi connectivity index (χ0n) is 29.3. The summed E-state index contributed by atoms with van der Waals surface area (Å²) in [6.07, 6.45) is -5.37. The summed E-state index contributed by atoms with van der Waals surface area (Å²) in [5.74, 6) is 0.203. The molecule has 7 heterocycles. The van der Waals surface area contributed by atoms with Crippen LogP contribution in [0.25, 0.3) is 22.3 Å². The average molecular weight is 841 g/mol. The number of aromatic nitrogens is 8. The second-order valence-electron chi connectivity index (χ2n) is 13.8. The second kappa shape index (κ2) is 15.0. The summed E-state index contributed by atoms with van der Waals surface area (Å²) in [7, 11) is -2.63. The summed E-state index contributed by atoms with van der Waals surface area (Å²) >= 11 is 9.70. The Kier molecular flexibility index (Phi) is 11.8. The minimum Gasteiger partial charge on any atom is -0.408 e. The number of hydrogen-bond donors (Lipinski definition) is 6. The van der Waals surface area contributed by atoms with E-state index in [9.17, 15) is 9.46 Å². The molecule has 4 aromatic heterocycles. The van der Waals surface area contributed by atoms with Crippen LogP contribution in [0, 0.1) is 0 Å². The van der Waals surface area contributed by atoms with Gasteiger partial charge in [0.05, 0.1) is 25.9 Å². The lowest BCUT2D eigenvalue weighted by molar-refractivity contribution is -0.0583. The second-order valence-corrected chi connectivity index (χ2v) is 24.2. The standard InChI is InChI=1S/C26H37FN10O9P2S2Si.2H3N/c1-26(2,3)51(4,5)46-18-13-7-41-47(38,49)44-17-12(42-24(14(17)27)36-10-34-15-20(28)30-8-32-22(15)36)6-40-48(39,50)45-19(18)25(43-13)37-11-35-16-21(29)31-9-33-23(16)37;;/h8-14,17-19,24-25H,6-7H2,1-5H3,(H,38,49)(H,39,50)(H2,28,30,32)(H2,29,31,33);2*1H3/t12-,13-,14-,17-,18?,19-,24-,25-,47?,48?;;/m1../s1. The van der Waals surface area contributed by atoms with Crippen molar-refractivity contribution in [1.82, 2.24) is 51.3 Å². The van der Waals surface area contributed by atoms with Gasteiger partial charge in [0.2, 0.25) is 0 Å². The molecule has 3 aliphatic heterocycles. The van der Waals surface area contributed by atoms with Gasteiger partial charge in [-0.1, -0.05) is 33.0 Å². The van der Waals surface area contributed by atoms with Crippen LogP contribution in [0.5, 0.6) is 0 Å². The highest BCUT2D eigenvalue weighted by atomic mass is 32.7. The van der Waals surface area contributed by atoms with Gasteiger partial charge in [-0.05, 0) is 29.9 Å². The number of thiol groups is 1. The smallest absolute Gasteiger partial charge is 0.386 e. The Bertz CT molecular complexity index is 2060. The van der Waals surface area contributed by atoms with Crippen molar-refractivity contribution in [1.29, 1.82) is 0 Å². The van der Waals surface area contributed by atoms with Gasteiger partial charge >= 0.3 is 13.5 Å². The number of halogens is 1. The van der Waals surface area contributed by atoms with Crippen molar-refractivity contribution >= 4 is 79.9 Å². The molecule has 3 saturated heterocycles. The molecule has 4 aromatic rings. The van der Waals surface area contributed by atoms with E-state index in [2.05, 4.69) is 42.2 Å². The molecule has 3 aliphatic rings. The number of nitrogens with two attached hydrogens (primary N) is 2. The minimum absolute atomic E-state index is 0. The Labute approximate surface area is 314 Å². The van der Waals surface area contributed by atoms with Gasteiger partial charge in [-0.2, -0.15) is 0 Å². The Morgan fingerprint density at radius 1 is 0.906 bits per heavy atom. The Morgan fingerprint density at radius 3 is 2.00 bits per heavy atom. The highest BCUT2D eigenvalue weighted by molar-refractivity contribution is 8.44. The van der Waals surface area contributed by atoms with Crippen LogP contribution in [-0.2, 0) is 48.4 Å². The van der Waals surface area contributed by atoms with Crippen LogP contribution in [0.3, 0.4) is 0 Å². The minimum atomic E-state index is -4.35. The number of anilines is 2. The van der Waals surface area contributed by atoms with Crippen LogP contribution in [-0.4, -0.2) is 102 Å². The number of nitrogens with zero attached hydrogens (tertiary/aromatic N) is 8. The number of rotatable bonds is 4. The molecule has 7 rings (SSSR count). The molecule has 27 heteroatoms. The Hall–Kier alpha value is -2.32. The summed E-state index contributed by atoms with van der Waals surface area (Å²) in [6, 6.07) is 0. The fourth-order valence-electron chi connectivity index (χ4n) is 5.83. The molecular weight excluding hydrogens is 798 g/mol. The summed E-state index contributed by atoms with van der Waals surface area (Å²) in [5, 5.41) is -0.289. The molecule has 11 N–H and O–H groups in total. The van der Waals surface area contributed by atoms with E-state index < -0.39 is 84.2 Å². The third-order valence-electron chi connectivity index (χ3n) is 9.43. The molecule has 0 spiro atoms. The molecule has 0 saturated carbocycles. The first-order chi connectivity index (χ1) is 23.9. The van der Waals surface area contributed by atoms with Crippen LogP contribution in [0.4, 0.5) is 16.0 Å². The maximum Gasteiger partial charge on any atom is 0.386 e. The van der Waals surface area contributed by atoms with Crippen LogP contribution >= 0.6 is 25.8 Å². The fraction of sp³-hybridized carbons (Fsp3) is 0.615. The third kappa shape index (κ3) is 7.88. The maximum absolute atomic E-state index is 16.3. The molecule has 0 aromatic carbocycles. The Morgan fingerprint density at radius 2 is 1.43 bits per heavy atom. The number of fused-ring (bicyclic) bond motifs is 5. The summed E-state index contributed by atoms with van der Waals surface area (Å²) in [5.41, 5.74) is 13.0. The van der Waals surface area contributed by atoms with Crippen LogP contribution in [0.1, 0.15) is 33.2 Å². The molecule has 53 heavy (non-hydrogen) atoms. The first-order valence-corrected chi connectivity index (χ1v) is 23.9. The van der Waals surface area contributed by atoms with Crippen LogP contribution in [0.2, 0.25) is 18.1 Å². The molecule has 10 atom stereocenters. The average Bonchev–Trinajstić information content (AvgIpc) is 3.80. The number of imidazole rings is 2. The van der Waals surface area contributed by atoms with Gasteiger partial charge in [0.15, 0.2) is 49.9 Å². The quantitative estimate of drug-likeness (QED) is 0.0968. The molecule has 0 amide bonds. The lowest BCUT2D eigenvalue weighted by Crippen LogP contribution is -2.50. The lowest BCUT2D eigenvalue weighted by Gasteiger charge is -2.40. The highest BCUT2D eigenvalue weighted by Gasteiger charge is 2.56. The maximum atomic E-state index is 16.3. The van der Waals surface area contributed by atoms with E-state index in [4.69, 9.17) is 55.3 Å². The van der Waals surface area contributed by atoms with Gasteiger partial charge in [-0.3, -0.25) is 22.7 Å². The largest absolute Gasteiger partial charge is 0.408 e. The molecule has 0 aliphatic carbocycles. The van der Waals surface area contributed by atoms with Gasteiger partial charge in [-0.25, -0.2) is 38.9 Å². The normalized spacial score (nSPS) is 34.0. The molecule has 2 bridgehead atoms. The van der Waals surface area contributed by atoms with Crippen molar-refractivity contribution in [2.24, 2.45) is 0 Å². The van der Waals surface area contributed by atoms with E-state index in [0.717, 1.165) is 0 Å². The zero-order valence-corrected chi connectivity index (χ0v) is 33.8. The molecular formula is C26H43FN12O9P2S2Si. The zero-order chi connectivity index (χ0) is 36.7. The SMILES string of the molecule is CC(C)(C)[Si](C)(C)OC1[C@H]2OP(=O)(S)OC[C@H]3O[C@@H](n4cnc5c(N)ncnc54)[C@H](F)[C@@H]3OP(O)(=S)OC[C@H]1O[C@H]2n1cnc2c(N)ncnc21.N.N. The van der Waals surface area contributed by atoms with Crippen LogP contribution < -0.4 is 23.8 Å². The van der Waals surface area contributed by atoms with Gasteiger partial charge in [0.25, 0.3) is 0 Å². The number of nitrogen functional groups attached to an aromatic ring is 2. The van der Waals surface area contributed by atoms with Gasteiger partial charge < -0.3 is 47.1 Å². The van der Waals surface area contributed by atoms with Gasteiger partial charge in [0.1, 0.15) is 54.2 Å². The predicted octanol–water partition coefficient (Wildman–Crippen LogP) is 3.75. The lowest BCUT2D eigenvalue weighted by atomic mass is 10.1.